The fourth-order valence-electron chi connectivity index (χ4n) is 1.29. The van der Waals surface area contributed by atoms with Crippen LogP contribution in [0.1, 0.15) is 5.56 Å². The molecule has 14 heteroatoms. The second-order valence-electron chi connectivity index (χ2n) is 4.10. The van der Waals surface area contributed by atoms with Gasteiger partial charge in [0.2, 0.25) is 0 Å². The van der Waals surface area contributed by atoms with E-state index in [4.69, 9.17) is 10.2 Å². The lowest BCUT2D eigenvalue weighted by Crippen LogP contribution is -2.47. The van der Waals surface area contributed by atoms with E-state index in [-0.39, 0.29) is 0 Å². The average Bonchev–Trinajstić information content (AvgIpc) is 2.45. The standard InChI is InChI=1S/C11H10F3N3O7S/c12-11(13,14)25(22,23)16-8(15-9(18)19)17(10(20)21)24-6-7-4-2-1-3-5-7/h1-5H,6H2,(H,15,16)(H,18,19)(H,20,21). The second kappa shape index (κ2) is 7.80. The highest BCUT2D eigenvalue weighted by molar-refractivity contribution is 7.91. The van der Waals surface area contributed by atoms with Crippen molar-refractivity contribution < 1.29 is 46.2 Å². The van der Waals surface area contributed by atoms with Gasteiger partial charge in [0.05, 0.1) is 0 Å². The van der Waals surface area contributed by atoms with E-state index in [9.17, 15) is 31.2 Å². The van der Waals surface area contributed by atoms with Gasteiger partial charge in [-0.15, -0.1) is 9.46 Å². The molecular weight excluding hydrogens is 375 g/mol. The number of hydrogen-bond donors (Lipinski definition) is 3. The summed E-state index contributed by atoms with van der Waals surface area (Å²) in [7, 11) is -6.23. The molecule has 138 valence electrons. The SMILES string of the molecule is O=C(O)NC(=NS(=O)(=O)C(F)(F)F)N(OCc1ccccc1)C(=O)O. The number of nitrogens with zero attached hydrogens (tertiary/aromatic N) is 2. The van der Waals surface area contributed by atoms with Gasteiger partial charge in [-0.05, 0) is 5.56 Å². The number of hydrogen-bond acceptors (Lipinski definition) is 5. The third-order valence-corrected chi connectivity index (χ3v) is 3.29. The van der Waals surface area contributed by atoms with E-state index in [2.05, 4.69) is 9.24 Å². The highest BCUT2D eigenvalue weighted by Gasteiger charge is 2.47. The van der Waals surface area contributed by atoms with E-state index in [1.807, 2.05) is 0 Å². The molecule has 0 radical (unpaired) electrons. The topological polar surface area (TPSA) is 146 Å². The third kappa shape index (κ3) is 5.92. The van der Waals surface area contributed by atoms with Crippen molar-refractivity contribution in [2.75, 3.05) is 0 Å². The maximum absolute atomic E-state index is 12.4. The molecule has 0 aliphatic heterocycles. The van der Waals surface area contributed by atoms with E-state index in [0.717, 1.165) is 5.32 Å². The minimum atomic E-state index is -6.23. The van der Waals surface area contributed by atoms with Gasteiger partial charge in [-0.3, -0.25) is 10.2 Å². The summed E-state index contributed by atoms with van der Waals surface area (Å²) in [4.78, 5) is 26.4. The van der Waals surface area contributed by atoms with Crippen LogP contribution in [0.3, 0.4) is 0 Å². The van der Waals surface area contributed by atoms with Crippen LogP contribution in [0.5, 0.6) is 0 Å². The van der Waals surface area contributed by atoms with Crippen molar-refractivity contribution in [1.82, 2.24) is 10.4 Å². The van der Waals surface area contributed by atoms with E-state index in [1.165, 1.54) is 12.1 Å². The first-order valence-corrected chi connectivity index (χ1v) is 7.49. The van der Waals surface area contributed by atoms with Crippen LogP contribution in [-0.2, 0) is 21.5 Å². The number of amides is 2. The van der Waals surface area contributed by atoms with Crippen LogP contribution in [0.25, 0.3) is 0 Å². The van der Waals surface area contributed by atoms with Gasteiger partial charge in [-0.1, -0.05) is 30.3 Å². The summed E-state index contributed by atoms with van der Waals surface area (Å²) in [6.45, 7) is -0.528. The van der Waals surface area contributed by atoms with Gasteiger partial charge in [0, 0.05) is 0 Å². The molecule has 0 aliphatic carbocycles. The van der Waals surface area contributed by atoms with Crippen LogP contribution in [0.2, 0.25) is 0 Å². The van der Waals surface area contributed by atoms with E-state index in [1.54, 1.807) is 18.2 Å². The molecule has 0 fully saturated rings. The van der Waals surface area contributed by atoms with Gasteiger partial charge in [0.1, 0.15) is 6.61 Å². The van der Waals surface area contributed by atoms with Crippen molar-refractivity contribution in [1.29, 1.82) is 0 Å². The molecule has 0 unspecified atom stereocenters. The first-order chi connectivity index (χ1) is 11.4. The molecule has 3 N–H and O–H groups in total. The fourth-order valence-corrected chi connectivity index (χ4v) is 1.74. The number of alkyl halides is 3. The summed E-state index contributed by atoms with van der Waals surface area (Å²) in [5.41, 5.74) is -5.51. The molecule has 1 aromatic rings. The van der Waals surface area contributed by atoms with E-state index < -0.39 is 45.3 Å². The number of benzene rings is 1. The number of hydroxylamine groups is 2. The summed E-state index contributed by atoms with van der Waals surface area (Å²) >= 11 is 0. The third-order valence-electron chi connectivity index (χ3n) is 2.29. The molecule has 0 saturated heterocycles. The van der Waals surface area contributed by atoms with Crippen molar-refractivity contribution in [3.8, 4) is 0 Å². The number of halogens is 3. The average molecular weight is 385 g/mol. The summed E-state index contributed by atoms with van der Waals surface area (Å²) < 4.78 is 61.3. The van der Waals surface area contributed by atoms with Gasteiger partial charge in [-0.2, -0.15) is 21.6 Å². The zero-order valence-electron chi connectivity index (χ0n) is 12.0. The molecule has 0 bridgehead atoms. The summed E-state index contributed by atoms with van der Waals surface area (Å²) in [6.07, 6.45) is -4.17. The van der Waals surface area contributed by atoms with Crippen molar-refractivity contribution in [2.45, 2.75) is 12.1 Å². The fraction of sp³-hybridized carbons (Fsp3) is 0.182. The molecular formula is C11H10F3N3O7S. The Hall–Kier alpha value is -2.87. The van der Waals surface area contributed by atoms with Crippen molar-refractivity contribution in [3.63, 3.8) is 0 Å². The maximum atomic E-state index is 12.4. The van der Waals surface area contributed by atoms with Crippen molar-refractivity contribution in [3.05, 3.63) is 35.9 Å². The first kappa shape index (κ1) is 20.2. The van der Waals surface area contributed by atoms with Gasteiger partial charge >= 0.3 is 27.7 Å². The monoisotopic (exact) mass is 385 g/mol. The lowest BCUT2D eigenvalue weighted by atomic mass is 10.2. The number of carboxylic acid groups (broad SMARTS) is 2. The predicted octanol–water partition coefficient (Wildman–Crippen LogP) is 1.57. The van der Waals surface area contributed by atoms with E-state index in [0.29, 0.717) is 5.56 Å². The smallest absolute Gasteiger partial charge is 0.465 e. The molecule has 0 atom stereocenters. The van der Waals surface area contributed by atoms with Gasteiger partial charge in [0.15, 0.2) is 0 Å². The Morgan fingerprint density at radius 3 is 2.20 bits per heavy atom. The molecule has 10 nitrogen and oxygen atoms in total. The van der Waals surface area contributed by atoms with Crippen LogP contribution in [0.15, 0.2) is 34.7 Å². The Bertz CT molecular complexity index is 765. The Labute approximate surface area is 138 Å². The quantitative estimate of drug-likeness (QED) is 0.405. The normalized spacial score (nSPS) is 12.5. The maximum Gasteiger partial charge on any atom is 0.518 e. The number of carbonyl (C=O) groups is 2. The largest absolute Gasteiger partial charge is 0.518 e. The lowest BCUT2D eigenvalue weighted by Gasteiger charge is -2.19. The van der Waals surface area contributed by atoms with Crippen molar-refractivity contribution in [2.24, 2.45) is 4.40 Å². The minimum absolute atomic E-state index is 0.363. The van der Waals surface area contributed by atoms with Crippen molar-refractivity contribution >= 4 is 28.2 Å². The van der Waals surface area contributed by atoms with Crippen LogP contribution in [0.4, 0.5) is 22.8 Å². The second-order valence-corrected chi connectivity index (χ2v) is 5.70. The molecule has 1 aromatic carbocycles. The van der Waals surface area contributed by atoms with E-state index >= 15 is 0 Å². The molecule has 25 heavy (non-hydrogen) atoms. The summed E-state index contributed by atoms with van der Waals surface area (Å²) in [5, 5.41) is 18.2. The Kier molecular flexibility index (Phi) is 6.30. The Morgan fingerprint density at radius 1 is 1.20 bits per heavy atom. The van der Waals surface area contributed by atoms with Crippen LogP contribution < -0.4 is 5.32 Å². The molecule has 0 spiro atoms. The highest BCUT2D eigenvalue weighted by atomic mass is 32.2. The van der Waals surface area contributed by atoms with Gasteiger partial charge < -0.3 is 10.2 Å². The van der Waals surface area contributed by atoms with Crippen LogP contribution in [-0.4, -0.2) is 47.3 Å². The molecule has 0 heterocycles. The minimum Gasteiger partial charge on any atom is -0.465 e. The van der Waals surface area contributed by atoms with Gasteiger partial charge in [0.25, 0.3) is 5.96 Å². The summed E-state index contributed by atoms with van der Waals surface area (Å²) in [6, 6.07) is 7.64. The Morgan fingerprint density at radius 2 is 1.76 bits per heavy atom. The molecule has 0 aromatic heterocycles. The highest BCUT2D eigenvalue weighted by Crippen LogP contribution is 2.25. The first-order valence-electron chi connectivity index (χ1n) is 6.05. The van der Waals surface area contributed by atoms with Gasteiger partial charge in [-0.25, -0.2) is 9.59 Å². The lowest BCUT2D eigenvalue weighted by molar-refractivity contribution is -0.0899. The number of sulfonamides is 1. The summed E-state index contributed by atoms with van der Waals surface area (Å²) in [5.74, 6) is -1.71. The van der Waals surface area contributed by atoms with Crippen LogP contribution >= 0.6 is 0 Å². The number of nitrogens with one attached hydrogen (secondary N) is 1. The number of guanidine groups is 1. The predicted molar refractivity (Wildman–Crippen MR) is 74.7 cm³/mol. The number of rotatable bonds is 4. The molecule has 1 rings (SSSR count). The molecule has 0 saturated carbocycles. The molecule has 0 aliphatic rings. The zero-order chi connectivity index (χ0) is 19.3. The zero-order valence-corrected chi connectivity index (χ0v) is 12.8. The molecule has 2 amide bonds. The van der Waals surface area contributed by atoms with Crippen LogP contribution in [0, 0.1) is 0 Å². The Balaban J connectivity index is 3.19.